The van der Waals surface area contributed by atoms with Crippen LogP contribution >= 0.6 is 0 Å². The van der Waals surface area contributed by atoms with Crippen molar-refractivity contribution in [3.63, 3.8) is 0 Å². The Morgan fingerprint density at radius 3 is 1.82 bits per heavy atom. The lowest BCUT2D eigenvalue weighted by Crippen LogP contribution is -2.22. The third kappa shape index (κ3) is 1.92. The summed E-state index contributed by atoms with van der Waals surface area (Å²) >= 11 is 0. The Kier molecular flexibility index (Phi) is 2.41. The zero-order valence-electron chi connectivity index (χ0n) is 6.62. The van der Waals surface area contributed by atoms with Crippen LogP contribution in [0.2, 0.25) is 0 Å². The fourth-order valence-corrected chi connectivity index (χ4v) is 1.51. The average Bonchev–Trinajstić information content (AvgIpc) is 2.60. The highest BCUT2D eigenvalue weighted by atomic mass is 16.6. The van der Waals surface area contributed by atoms with E-state index in [-0.39, 0.29) is 0 Å². The number of ether oxygens (including phenoxy) is 3. The summed E-state index contributed by atoms with van der Waals surface area (Å²) in [7, 11) is 0. The highest BCUT2D eigenvalue weighted by molar-refractivity contribution is 4.69. The lowest BCUT2D eigenvalue weighted by molar-refractivity contribution is -0.0186. The number of hydrogen-bond acceptors (Lipinski definition) is 3. The Hall–Kier alpha value is -0.120. The van der Waals surface area contributed by atoms with Crippen molar-refractivity contribution in [3.05, 3.63) is 0 Å². The van der Waals surface area contributed by atoms with Crippen molar-refractivity contribution >= 4 is 0 Å². The topological polar surface area (TPSA) is 27.7 Å². The average molecular weight is 158 g/mol. The van der Waals surface area contributed by atoms with E-state index in [0.717, 1.165) is 39.3 Å². The Morgan fingerprint density at radius 1 is 0.909 bits per heavy atom. The molecule has 0 spiro atoms. The molecule has 2 aliphatic heterocycles. The van der Waals surface area contributed by atoms with Gasteiger partial charge in [-0.1, -0.05) is 0 Å². The zero-order valence-corrected chi connectivity index (χ0v) is 6.62. The lowest BCUT2D eigenvalue weighted by Gasteiger charge is -2.14. The first-order valence-corrected chi connectivity index (χ1v) is 4.26. The molecule has 0 unspecified atom stereocenters. The van der Waals surface area contributed by atoms with Crippen LogP contribution in [0.4, 0.5) is 0 Å². The monoisotopic (exact) mass is 158 g/mol. The van der Waals surface area contributed by atoms with E-state index in [9.17, 15) is 0 Å². The van der Waals surface area contributed by atoms with Crippen LogP contribution in [0.1, 0.15) is 12.8 Å². The third-order valence-corrected chi connectivity index (χ3v) is 2.16. The van der Waals surface area contributed by atoms with Crippen molar-refractivity contribution in [3.8, 4) is 0 Å². The molecule has 0 aromatic heterocycles. The van der Waals surface area contributed by atoms with Crippen LogP contribution in [-0.4, -0.2) is 38.6 Å². The molecule has 2 atom stereocenters. The van der Waals surface area contributed by atoms with Gasteiger partial charge in [0.1, 0.15) is 0 Å². The van der Waals surface area contributed by atoms with Crippen LogP contribution < -0.4 is 0 Å². The summed E-state index contributed by atoms with van der Waals surface area (Å²) in [5, 5.41) is 0. The van der Waals surface area contributed by atoms with Gasteiger partial charge in [0.05, 0.1) is 25.4 Å². The molecule has 0 amide bonds. The Balaban J connectivity index is 1.71. The Labute approximate surface area is 66.6 Å². The molecule has 0 aromatic rings. The predicted molar refractivity (Wildman–Crippen MR) is 39.5 cm³/mol. The second-order valence-electron chi connectivity index (χ2n) is 3.11. The molecule has 0 saturated carbocycles. The molecule has 0 aromatic carbocycles. The fourth-order valence-electron chi connectivity index (χ4n) is 1.51. The minimum Gasteiger partial charge on any atom is -0.379 e. The van der Waals surface area contributed by atoms with E-state index >= 15 is 0 Å². The van der Waals surface area contributed by atoms with Crippen LogP contribution in [0, 0.1) is 0 Å². The van der Waals surface area contributed by atoms with Crippen LogP contribution in [0.5, 0.6) is 0 Å². The highest BCUT2D eigenvalue weighted by Gasteiger charge is 2.23. The van der Waals surface area contributed by atoms with Gasteiger partial charge in [-0.25, -0.2) is 0 Å². The van der Waals surface area contributed by atoms with E-state index in [1.165, 1.54) is 0 Å². The van der Waals surface area contributed by atoms with Crippen LogP contribution in [0.3, 0.4) is 0 Å². The highest BCUT2D eigenvalue weighted by Crippen LogP contribution is 2.15. The summed E-state index contributed by atoms with van der Waals surface area (Å²) in [6.07, 6.45) is 2.77. The first kappa shape index (κ1) is 7.53. The first-order valence-electron chi connectivity index (χ1n) is 4.26. The van der Waals surface area contributed by atoms with Crippen molar-refractivity contribution in [2.24, 2.45) is 0 Å². The van der Waals surface area contributed by atoms with Gasteiger partial charge < -0.3 is 14.2 Å². The molecule has 2 fully saturated rings. The van der Waals surface area contributed by atoms with Gasteiger partial charge in [0.15, 0.2) is 0 Å². The summed E-state index contributed by atoms with van der Waals surface area (Å²) in [4.78, 5) is 0. The SMILES string of the molecule is C1C[C@@H](O[C@@H]2CCOC2)CO1. The van der Waals surface area contributed by atoms with E-state index in [1.807, 2.05) is 0 Å². The van der Waals surface area contributed by atoms with Gasteiger partial charge in [-0.05, 0) is 12.8 Å². The molecule has 3 nitrogen and oxygen atoms in total. The molecular formula is C8H14O3. The summed E-state index contributed by atoms with van der Waals surface area (Å²) < 4.78 is 16.1. The van der Waals surface area contributed by atoms with Crippen LogP contribution in [0.15, 0.2) is 0 Å². The maximum atomic E-state index is 5.72. The summed E-state index contributed by atoms with van der Waals surface area (Å²) in [6.45, 7) is 3.27. The minimum absolute atomic E-state index is 0.335. The molecule has 0 bridgehead atoms. The largest absolute Gasteiger partial charge is 0.379 e. The molecule has 64 valence electrons. The van der Waals surface area contributed by atoms with Gasteiger partial charge in [-0.2, -0.15) is 0 Å². The normalized spacial score (nSPS) is 38.2. The smallest absolute Gasteiger partial charge is 0.0835 e. The molecule has 11 heavy (non-hydrogen) atoms. The third-order valence-electron chi connectivity index (χ3n) is 2.16. The zero-order chi connectivity index (χ0) is 7.52. The van der Waals surface area contributed by atoms with Crippen LogP contribution in [0.25, 0.3) is 0 Å². The van der Waals surface area contributed by atoms with Crippen LogP contribution in [-0.2, 0) is 14.2 Å². The van der Waals surface area contributed by atoms with Crippen molar-refractivity contribution < 1.29 is 14.2 Å². The fraction of sp³-hybridized carbons (Fsp3) is 1.00. The van der Waals surface area contributed by atoms with Gasteiger partial charge in [0, 0.05) is 13.2 Å². The second kappa shape index (κ2) is 3.52. The molecule has 2 aliphatic rings. The summed E-state index contributed by atoms with van der Waals surface area (Å²) in [5.41, 5.74) is 0. The van der Waals surface area contributed by atoms with Gasteiger partial charge >= 0.3 is 0 Å². The molecule has 3 heteroatoms. The molecule has 0 aliphatic carbocycles. The van der Waals surface area contributed by atoms with Crippen molar-refractivity contribution in [1.29, 1.82) is 0 Å². The second-order valence-corrected chi connectivity index (χ2v) is 3.11. The van der Waals surface area contributed by atoms with Crippen molar-refractivity contribution in [1.82, 2.24) is 0 Å². The number of rotatable bonds is 2. The number of hydrogen-bond donors (Lipinski definition) is 0. The van der Waals surface area contributed by atoms with Gasteiger partial charge in [0.25, 0.3) is 0 Å². The summed E-state index contributed by atoms with van der Waals surface area (Å²) in [6, 6.07) is 0. The molecule has 2 heterocycles. The molecule has 2 rings (SSSR count). The predicted octanol–water partition coefficient (Wildman–Crippen LogP) is 0.581. The molecule has 0 radical (unpaired) electrons. The minimum atomic E-state index is 0.335. The van der Waals surface area contributed by atoms with E-state index < -0.39 is 0 Å². The van der Waals surface area contributed by atoms with Crippen molar-refractivity contribution in [2.45, 2.75) is 25.0 Å². The van der Waals surface area contributed by atoms with E-state index in [0.29, 0.717) is 12.2 Å². The Morgan fingerprint density at radius 2 is 1.45 bits per heavy atom. The van der Waals surface area contributed by atoms with E-state index in [1.54, 1.807) is 0 Å². The van der Waals surface area contributed by atoms with Gasteiger partial charge in [-0.3, -0.25) is 0 Å². The molecular weight excluding hydrogens is 144 g/mol. The van der Waals surface area contributed by atoms with Gasteiger partial charge in [-0.15, -0.1) is 0 Å². The van der Waals surface area contributed by atoms with Gasteiger partial charge in [0.2, 0.25) is 0 Å². The molecule has 0 N–H and O–H groups in total. The summed E-state index contributed by atoms with van der Waals surface area (Å²) in [5.74, 6) is 0. The standard InChI is InChI=1S/C8H14O3/c1-3-9-5-7(1)11-8-2-4-10-6-8/h7-8H,1-6H2/t7-,8-/m1/s1. The molecule has 2 saturated heterocycles. The maximum Gasteiger partial charge on any atom is 0.0835 e. The lowest BCUT2D eigenvalue weighted by atomic mass is 10.3. The first-order chi connectivity index (χ1) is 5.45. The maximum absolute atomic E-state index is 5.72. The van der Waals surface area contributed by atoms with E-state index in [2.05, 4.69) is 0 Å². The quantitative estimate of drug-likeness (QED) is 0.588. The Bertz CT molecular complexity index is 101. The van der Waals surface area contributed by atoms with E-state index in [4.69, 9.17) is 14.2 Å². The van der Waals surface area contributed by atoms with Crippen molar-refractivity contribution in [2.75, 3.05) is 26.4 Å².